The minimum Gasteiger partial charge on any atom is -0.351 e. The highest BCUT2D eigenvalue weighted by Crippen LogP contribution is 2.29. The molecule has 1 aromatic carbocycles. The van der Waals surface area contributed by atoms with Gasteiger partial charge < -0.3 is 15.2 Å². The molecule has 1 aliphatic rings. The molecule has 0 saturated carbocycles. The van der Waals surface area contributed by atoms with E-state index in [4.69, 9.17) is 0 Å². The molecule has 3 aromatic rings. The number of fused-ring (bicyclic) bond motifs is 1. The molecule has 0 bridgehead atoms. The summed E-state index contributed by atoms with van der Waals surface area (Å²) < 4.78 is 0. The van der Waals surface area contributed by atoms with E-state index in [9.17, 15) is 9.59 Å². The number of piperidine rings is 1. The minimum absolute atomic E-state index is 0.111. The van der Waals surface area contributed by atoms with Crippen LogP contribution in [0.15, 0.2) is 27.9 Å². The molecule has 3 heterocycles. The van der Waals surface area contributed by atoms with Crippen molar-refractivity contribution in [1.29, 1.82) is 0 Å². The second-order valence-electron chi connectivity index (χ2n) is 8.82. The number of aromatic nitrogens is 2. The number of likely N-dealkylation sites (tertiary alicyclic amines) is 1. The van der Waals surface area contributed by atoms with Crippen LogP contribution in [-0.2, 0) is 5.75 Å². The molecule has 2 aromatic heterocycles. The molecule has 1 aliphatic heterocycles. The zero-order valence-corrected chi connectivity index (χ0v) is 21.3. The first kappa shape index (κ1) is 24.0. The van der Waals surface area contributed by atoms with E-state index in [1.54, 1.807) is 11.8 Å². The van der Waals surface area contributed by atoms with Gasteiger partial charge in [0.15, 0.2) is 0 Å². The van der Waals surface area contributed by atoms with Gasteiger partial charge in [0, 0.05) is 11.4 Å². The maximum atomic E-state index is 12.8. The molecule has 176 valence electrons. The fourth-order valence-corrected chi connectivity index (χ4v) is 6.36. The lowest BCUT2D eigenvalue weighted by Gasteiger charge is -2.26. The summed E-state index contributed by atoms with van der Waals surface area (Å²) in [6.07, 6.45) is 4.83. The number of aromatic amines is 1. The van der Waals surface area contributed by atoms with Crippen LogP contribution in [-0.4, -0.2) is 47.0 Å². The highest BCUT2D eigenvalue weighted by molar-refractivity contribution is 7.98. The summed E-state index contributed by atoms with van der Waals surface area (Å²) in [7, 11) is 0. The summed E-state index contributed by atoms with van der Waals surface area (Å²) in [5, 5.41) is 3.56. The first-order valence-electron chi connectivity index (χ1n) is 11.7. The third-order valence-corrected chi connectivity index (χ3v) is 8.50. The largest absolute Gasteiger partial charge is 0.351 e. The molecule has 0 atom stereocenters. The number of nitrogens with zero attached hydrogens (tertiary/aromatic N) is 2. The number of H-pyrrole nitrogens is 1. The smallest absolute Gasteiger partial charge is 0.261 e. The molecule has 0 radical (unpaired) electrons. The predicted molar refractivity (Wildman–Crippen MR) is 138 cm³/mol. The summed E-state index contributed by atoms with van der Waals surface area (Å²) in [4.78, 5) is 38.1. The molecule has 1 amide bonds. The number of aryl methyl sites for hydroxylation is 3. The van der Waals surface area contributed by atoms with Crippen molar-refractivity contribution in [1.82, 2.24) is 20.2 Å². The second kappa shape index (κ2) is 10.8. The molecule has 0 unspecified atom stereocenters. The number of rotatable bonds is 8. The summed E-state index contributed by atoms with van der Waals surface area (Å²) >= 11 is 2.97. The van der Waals surface area contributed by atoms with E-state index >= 15 is 0 Å². The fourth-order valence-electron chi connectivity index (χ4n) is 4.25. The van der Waals surface area contributed by atoms with Gasteiger partial charge in [0.05, 0.1) is 16.0 Å². The fraction of sp³-hybridized carbons (Fsp3) is 0.480. The molecule has 2 N–H and O–H groups in total. The Balaban J connectivity index is 1.41. The van der Waals surface area contributed by atoms with E-state index in [0.29, 0.717) is 38.8 Å². The van der Waals surface area contributed by atoms with Crippen molar-refractivity contribution in [2.45, 2.75) is 57.1 Å². The van der Waals surface area contributed by atoms with E-state index < -0.39 is 0 Å². The molecule has 1 saturated heterocycles. The molecule has 6 nitrogen and oxygen atoms in total. The number of hydrogen-bond donors (Lipinski definition) is 2. The topological polar surface area (TPSA) is 78.1 Å². The molecular formula is C25H32N4O2S2. The maximum absolute atomic E-state index is 12.8. The van der Waals surface area contributed by atoms with Crippen LogP contribution in [0.25, 0.3) is 10.2 Å². The molecule has 0 spiro atoms. The lowest BCUT2D eigenvalue weighted by atomic mass is 10.1. The Bertz CT molecular complexity index is 1200. The number of amides is 1. The molecule has 4 rings (SSSR count). The lowest BCUT2D eigenvalue weighted by molar-refractivity contribution is 0.0954. The van der Waals surface area contributed by atoms with Crippen molar-refractivity contribution in [2.75, 3.05) is 26.2 Å². The van der Waals surface area contributed by atoms with Gasteiger partial charge in [-0.05, 0) is 76.9 Å². The van der Waals surface area contributed by atoms with Crippen molar-refractivity contribution in [2.24, 2.45) is 0 Å². The third-order valence-electron chi connectivity index (χ3n) is 6.15. The maximum Gasteiger partial charge on any atom is 0.261 e. The van der Waals surface area contributed by atoms with Gasteiger partial charge in [-0.15, -0.1) is 23.1 Å². The number of nitrogens with one attached hydrogen (secondary N) is 2. The Morgan fingerprint density at radius 3 is 2.79 bits per heavy atom. The second-order valence-corrected chi connectivity index (χ2v) is 10.8. The van der Waals surface area contributed by atoms with Gasteiger partial charge in [-0.3, -0.25) is 9.59 Å². The number of carbonyl (C=O) groups is 1. The first-order chi connectivity index (χ1) is 15.9. The van der Waals surface area contributed by atoms with Crippen LogP contribution in [0.2, 0.25) is 0 Å². The van der Waals surface area contributed by atoms with Crippen LogP contribution >= 0.6 is 23.1 Å². The molecule has 0 aliphatic carbocycles. The van der Waals surface area contributed by atoms with E-state index in [2.05, 4.69) is 52.2 Å². The summed E-state index contributed by atoms with van der Waals surface area (Å²) in [5.74, 6) is 1.10. The van der Waals surface area contributed by atoms with Gasteiger partial charge in [0.25, 0.3) is 11.5 Å². The van der Waals surface area contributed by atoms with Crippen LogP contribution in [0.3, 0.4) is 0 Å². The summed E-state index contributed by atoms with van der Waals surface area (Å²) in [6, 6.07) is 6.36. The third kappa shape index (κ3) is 5.86. The predicted octanol–water partition coefficient (Wildman–Crippen LogP) is 4.81. The standard InChI is InChI=1S/C25H32N4O2S2/c1-16-8-9-17(2)19(14-16)32-15-20-27-23(30)21-18(3)22(33-25(21)28-20)24(31)26-10-7-13-29-11-5-4-6-12-29/h8-9,14H,4-7,10-13,15H2,1-3H3,(H,26,31)(H,27,28,30). The van der Waals surface area contributed by atoms with Gasteiger partial charge >= 0.3 is 0 Å². The Morgan fingerprint density at radius 2 is 2.00 bits per heavy atom. The number of thiophene rings is 1. The van der Waals surface area contributed by atoms with E-state index in [1.807, 2.05) is 6.92 Å². The van der Waals surface area contributed by atoms with E-state index in [0.717, 1.165) is 13.0 Å². The molecular weight excluding hydrogens is 452 g/mol. The molecule has 33 heavy (non-hydrogen) atoms. The minimum atomic E-state index is -0.172. The monoisotopic (exact) mass is 484 g/mol. The average molecular weight is 485 g/mol. The Hall–Kier alpha value is -2.16. The van der Waals surface area contributed by atoms with Crippen molar-refractivity contribution in [3.63, 3.8) is 0 Å². The highest BCUT2D eigenvalue weighted by Gasteiger charge is 2.19. The van der Waals surface area contributed by atoms with Crippen molar-refractivity contribution < 1.29 is 4.79 Å². The summed E-state index contributed by atoms with van der Waals surface area (Å²) in [6.45, 7) is 10.00. The average Bonchev–Trinajstić information content (AvgIpc) is 3.14. The summed E-state index contributed by atoms with van der Waals surface area (Å²) in [5.41, 5.74) is 2.96. The van der Waals surface area contributed by atoms with Gasteiger partial charge in [0.2, 0.25) is 0 Å². The number of thioether (sulfide) groups is 1. The number of carbonyl (C=O) groups excluding carboxylic acids is 1. The molecule has 8 heteroatoms. The Kier molecular flexibility index (Phi) is 7.88. The number of benzene rings is 1. The van der Waals surface area contributed by atoms with Gasteiger partial charge in [-0.25, -0.2) is 4.98 Å². The van der Waals surface area contributed by atoms with Gasteiger partial charge in [0.1, 0.15) is 10.7 Å². The van der Waals surface area contributed by atoms with Gasteiger partial charge in [-0.2, -0.15) is 0 Å². The van der Waals surface area contributed by atoms with Crippen molar-refractivity contribution in [3.8, 4) is 0 Å². The van der Waals surface area contributed by atoms with E-state index in [-0.39, 0.29) is 11.5 Å². The Labute approximate surface area is 203 Å². The highest BCUT2D eigenvalue weighted by atomic mass is 32.2. The quantitative estimate of drug-likeness (QED) is 0.354. The van der Waals surface area contributed by atoms with Crippen LogP contribution < -0.4 is 10.9 Å². The molecule has 1 fully saturated rings. The Morgan fingerprint density at radius 1 is 1.21 bits per heavy atom. The van der Waals surface area contributed by atoms with Crippen molar-refractivity contribution in [3.05, 3.63) is 55.9 Å². The van der Waals surface area contributed by atoms with Crippen LogP contribution in [0.5, 0.6) is 0 Å². The van der Waals surface area contributed by atoms with E-state index in [1.165, 1.54) is 59.7 Å². The number of hydrogen-bond acceptors (Lipinski definition) is 6. The van der Waals surface area contributed by atoms with Crippen LogP contribution in [0.1, 0.15) is 57.9 Å². The van der Waals surface area contributed by atoms with Crippen LogP contribution in [0, 0.1) is 20.8 Å². The zero-order valence-electron chi connectivity index (χ0n) is 19.6. The van der Waals surface area contributed by atoms with Crippen LogP contribution in [0.4, 0.5) is 0 Å². The first-order valence-corrected chi connectivity index (χ1v) is 13.5. The SMILES string of the molecule is Cc1ccc(C)c(SCc2nc3sc(C(=O)NCCCN4CCCCC4)c(C)c3c(=O)[nH]2)c1. The van der Waals surface area contributed by atoms with Gasteiger partial charge in [-0.1, -0.05) is 24.1 Å². The zero-order chi connectivity index (χ0) is 23.4. The van der Waals surface area contributed by atoms with Crippen molar-refractivity contribution >= 4 is 39.2 Å². The normalized spacial score (nSPS) is 14.6. The lowest BCUT2D eigenvalue weighted by Crippen LogP contribution is -2.33.